The minimum Gasteiger partial charge on any atom is -0.451 e. The van der Waals surface area contributed by atoms with E-state index in [1.54, 1.807) is 0 Å². The number of alkyl halides is 1. The van der Waals surface area contributed by atoms with E-state index >= 15 is 0 Å². The van der Waals surface area contributed by atoms with Crippen LogP contribution in [0.2, 0.25) is 0 Å². The van der Waals surface area contributed by atoms with Crippen LogP contribution >= 0.6 is 0 Å². The lowest BCUT2D eigenvalue weighted by atomic mass is 10.1. The lowest BCUT2D eigenvalue weighted by molar-refractivity contribution is 0.0923. The maximum Gasteiger partial charge on any atom is 0.287 e. The zero-order valence-electron chi connectivity index (χ0n) is 12.2. The van der Waals surface area contributed by atoms with Crippen LogP contribution in [0.4, 0.5) is 4.39 Å². The van der Waals surface area contributed by atoms with Gasteiger partial charge in [0.15, 0.2) is 5.76 Å². The Bertz CT molecular complexity index is 680. The molecule has 112 valence electrons. The fraction of sp³-hybridized carbons (Fsp3) is 0.438. The molecule has 2 aromatic rings. The van der Waals surface area contributed by atoms with Crippen LogP contribution in [0.3, 0.4) is 0 Å². The Labute approximate surface area is 122 Å². The molecule has 0 bridgehead atoms. The molecule has 1 aromatic heterocycles. The molecule has 1 aromatic carbocycles. The summed E-state index contributed by atoms with van der Waals surface area (Å²) in [6, 6.07) is 5.88. The van der Waals surface area contributed by atoms with E-state index in [1.165, 1.54) is 0 Å². The molecule has 0 radical (unpaired) electrons. The van der Waals surface area contributed by atoms with E-state index in [9.17, 15) is 9.18 Å². The number of furan rings is 1. The van der Waals surface area contributed by atoms with Gasteiger partial charge in [-0.15, -0.1) is 0 Å². The van der Waals surface area contributed by atoms with Crippen molar-refractivity contribution in [1.29, 1.82) is 0 Å². The number of nitrogens with one attached hydrogen (secondary N) is 2. The molecule has 1 saturated heterocycles. The highest BCUT2D eigenvalue weighted by molar-refractivity contribution is 5.99. The average Bonchev–Trinajstić information content (AvgIpc) is 3.00. The lowest BCUT2D eigenvalue weighted by Crippen LogP contribution is -2.37. The van der Waals surface area contributed by atoms with Gasteiger partial charge in [0.05, 0.1) is 0 Å². The second kappa shape index (κ2) is 5.48. The Morgan fingerprint density at radius 3 is 3.00 bits per heavy atom. The van der Waals surface area contributed by atoms with Crippen LogP contribution in [0, 0.1) is 13.8 Å². The molecule has 1 fully saturated rings. The van der Waals surface area contributed by atoms with Gasteiger partial charge in [0, 0.05) is 30.1 Å². The molecule has 0 aliphatic carbocycles. The van der Waals surface area contributed by atoms with Crippen molar-refractivity contribution >= 4 is 16.9 Å². The summed E-state index contributed by atoms with van der Waals surface area (Å²) in [6.07, 6.45) is -0.374. The maximum absolute atomic E-state index is 13.1. The Morgan fingerprint density at radius 2 is 2.29 bits per heavy atom. The van der Waals surface area contributed by atoms with Gasteiger partial charge in [-0.1, -0.05) is 12.1 Å². The third-order valence-electron chi connectivity index (χ3n) is 3.98. The van der Waals surface area contributed by atoms with Gasteiger partial charge in [-0.2, -0.15) is 0 Å². The molecule has 2 atom stereocenters. The second-order valence-corrected chi connectivity index (χ2v) is 5.70. The number of benzene rings is 1. The smallest absolute Gasteiger partial charge is 0.287 e. The normalized spacial score (nSPS) is 21.9. The molecule has 0 unspecified atom stereocenters. The van der Waals surface area contributed by atoms with Gasteiger partial charge in [0.25, 0.3) is 5.91 Å². The third-order valence-corrected chi connectivity index (χ3v) is 3.98. The van der Waals surface area contributed by atoms with E-state index in [1.807, 2.05) is 32.0 Å². The maximum atomic E-state index is 13.1. The predicted octanol–water partition coefficient (Wildman–Crippen LogP) is 2.48. The van der Waals surface area contributed by atoms with E-state index in [4.69, 9.17) is 4.42 Å². The number of hydrogen-bond acceptors (Lipinski definition) is 3. The summed E-state index contributed by atoms with van der Waals surface area (Å²) in [6.45, 7) is 4.63. The summed E-state index contributed by atoms with van der Waals surface area (Å²) < 4.78 is 18.7. The second-order valence-electron chi connectivity index (χ2n) is 5.70. The fourth-order valence-corrected chi connectivity index (χ4v) is 2.77. The molecule has 0 spiro atoms. The van der Waals surface area contributed by atoms with E-state index < -0.39 is 6.17 Å². The average molecular weight is 290 g/mol. The first-order chi connectivity index (χ1) is 10.0. The van der Waals surface area contributed by atoms with Crippen molar-refractivity contribution in [3.05, 3.63) is 35.1 Å². The Hall–Kier alpha value is -1.88. The van der Waals surface area contributed by atoms with Crippen molar-refractivity contribution in [2.45, 2.75) is 32.5 Å². The monoisotopic (exact) mass is 290 g/mol. The SMILES string of the molecule is Cc1ccc2c(C)c(C(=O)NC[C@@H]3C[C@H](F)CN3)oc2c1. The van der Waals surface area contributed by atoms with Crippen LogP contribution in [0.1, 0.15) is 28.1 Å². The highest BCUT2D eigenvalue weighted by atomic mass is 19.1. The van der Waals surface area contributed by atoms with Gasteiger partial charge in [-0.3, -0.25) is 4.79 Å². The number of halogens is 1. The number of aryl methyl sites for hydroxylation is 2. The summed E-state index contributed by atoms with van der Waals surface area (Å²) in [5, 5.41) is 6.81. The van der Waals surface area contributed by atoms with E-state index in [2.05, 4.69) is 10.6 Å². The molecule has 21 heavy (non-hydrogen) atoms. The largest absolute Gasteiger partial charge is 0.451 e. The highest BCUT2D eigenvalue weighted by Gasteiger charge is 2.25. The molecule has 4 nitrogen and oxygen atoms in total. The van der Waals surface area contributed by atoms with E-state index in [0.29, 0.717) is 25.3 Å². The minimum atomic E-state index is -0.817. The van der Waals surface area contributed by atoms with E-state index in [0.717, 1.165) is 22.1 Å². The van der Waals surface area contributed by atoms with Crippen molar-refractivity contribution < 1.29 is 13.6 Å². The summed E-state index contributed by atoms with van der Waals surface area (Å²) in [5.41, 5.74) is 2.65. The molecule has 0 saturated carbocycles. The first kappa shape index (κ1) is 14.1. The van der Waals surface area contributed by atoms with Crippen LogP contribution in [-0.4, -0.2) is 31.2 Å². The predicted molar refractivity (Wildman–Crippen MR) is 79.3 cm³/mol. The van der Waals surface area contributed by atoms with Crippen molar-refractivity contribution in [2.24, 2.45) is 0 Å². The van der Waals surface area contributed by atoms with Gasteiger partial charge in [0.1, 0.15) is 11.8 Å². The number of hydrogen-bond donors (Lipinski definition) is 2. The van der Waals surface area contributed by atoms with Gasteiger partial charge in [-0.05, 0) is 31.9 Å². The first-order valence-corrected chi connectivity index (χ1v) is 7.20. The van der Waals surface area contributed by atoms with Crippen molar-refractivity contribution in [3.8, 4) is 0 Å². The summed E-state index contributed by atoms with van der Waals surface area (Å²) in [7, 11) is 0. The van der Waals surface area contributed by atoms with Crippen LogP contribution in [-0.2, 0) is 0 Å². The molecule has 2 heterocycles. The molecular formula is C16H19FN2O2. The third kappa shape index (κ3) is 2.78. The number of carbonyl (C=O) groups excluding carboxylic acids is 1. The lowest BCUT2D eigenvalue weighted by Gasteiger charge is -2.10. The first-order valence-electron chi connectivity index (χ1n) is 7.20. The van der Waals surface area contributed by atoms with Crippen molar-refractivity contribution in [2.75, 3.05) is 13.1 Å². The highest BCUT2D eigenvalue weighted by Crippen LogP contribution is 2.26. The Morgan fingerprint density at radius 1 is 1.48 bits per heavy atom. The molecule has 5 heteroatoms. The number of amides is 1. The molecule has 1 amide bonds. The molecule has 3 rings (SSSR count). The summed E-state index contributed by atoms with van der Waals surface area (Å²) in [5.74, 6) is 0.0934. The zero-order chi connectivity index (χ0) is 15.0. The van der Waals surface area contributed by atoms with Crippen molar-refractivity contribution in [1.82, 2.24) is 10.6 Å². The van der Waals surface area contributed by atoms with Crippen LogP contribution in [0.25, 0.3) is 11.0 Å². The summed E-state index contributed by atoms with van der Waals surface area (Å²) in [4.78, 5) is 12.2. The quantitative estimate of drug-likeness (QED) is 0.913. The number of fused-ring (bicyclic) bond motifs is 1. The van der Waals surface area contributed by atoms with E-state index in [-0.39, 0.29) is 11.9 Å². The fourth-order valence-electron chi connectivity index (χ4n) is 2.77. The number of carbonyl (C=O) groups is 1. The van der Waals surface area contributed by atoms with Gasteiger partial charge >= 0.3 is 0 Å². The Balaban J connectivity index is 1.74. The van der Waals surface area contributed by atoms with Crippen LogP contribution < -0.4 is 10.6 Å². The van der Waals surface area contributed by atoms with Gasteiger partial charge < -0.3 is 15.1 Å². The number of rotatable bonds is 3. The molecule has 2 N–H and O–H groups in total. The van der Waals surface area contributed by atoms with Gasteiger partial charge in [0.2, 0.25) is 0 Å². The van der Waals surface area contributed by atoms with Crippen molar-refractivity contribution in [3.63, 3.8) is 0 Å². The van der Waals surface area contributed by atoms with Crippen LogP contribution in [0.15, 0.2) is 22.6 Å². The van der Waals surface area contributed by atoms with Gasteiger partial charge in [-0.25, -0.2) is 4.39 Å². The molecule has 1 aliphatic heterocycles. The topological polar surface area (TPSA) is 54.3 Å². The molecule has 1 aliphatic rings. The standard InChI is InChI=1S/C16H19FN2O2/c1-9-3-4-13-10(2)15(21-14(13)5-9)16(20)19-8-12-6-11(17)7-18-12/h3-5,11-12,18H,6-8H2,1-2H3,(H,19,20)/t11-,12-/m0/s1. The zero-order valence-corrected chi connectivity index (χ0v) is 12.2. The minimum absolute atomic E-state index is 0.00382. The van der Waals surface area contributed by atoms with Crippen LogP contribution in [0.5, 0.6) is 0 Å². The summed E-state index contributed by atoms with van der Waals surface area (Å²) >= 11 is 0. The molecular weight excluding hydrogens is 271 g/mol. The Kier molecular flexibility index (Phi) is 3.68.